The first-order valence-corrected chi connectivity index (χ1v) is 8.54. The number of carbonyl (C=O) groups excluding carboxylic acids is 1. The van der Waals surface area contributed by atoms with E-state index in [1.54, 1.807) is 0 Å². The van der Waals surface area contributed by atoms with Crippen molar-refractivity contribution in [2.24, 2.45) is 0 Å². The lowest BCUT2D eigenvalue weighted by molar-refractivity contribution is -0.133. The summed E-state index contributed by atoms with van der Waals surface area (Å²) < 4.78 is 5.71. The van der Waals surface area contributed by atoms with Crippen LogP contribution in [0.3, 0.4) is 0 Å². The standard InChI is InChI=1S/C20H24N2O2.ClH/c1-2-24-19(14-7-4-3-5-8-14)20(23)22-18-10-6-9-15-13-16(21)11-12-17(15)18;/h3-5,7-8,11-13,18-19H,2,6,9-10,21H2,1H3,(H,22,23);1H. The molecule has 3 N–H and O–H groups in total. The second-order valence-electron chi connectivity index (χ2n) is 6.16. The van der Waals surface area contributed by atoms with Crippen LogP contribution in [0.5, 0.6) is 0 Å². The van der Waals surface area contributed by atoms with Gasteiger partial charge in [0.05, 0.1) is 6.04 Å². The second kappa shape index (κ2) is 8.88. The second-order valence-corrected chi connectivity index (χ2v) is 6.16. The van der Waals surface area contributed by atoms with Crippen LogP contribution < -0.4 is 11.1 Å². The Bertz CT molecular complexity index is 706. The number of rotatable bonds is 5. The number of fused-ring (bicyclic) bond motifs is 1. The van der Waals surface area contributed by atoms with Gasteiger partial charge in [-0.05, 0) is 55.0 Å². The lowest BCUT2D eigenvalue weighted by Gasteiger charge is -2.28. The summed E-state index contributed by atoms with van der Waals surface area (Å²) >= 11 is 0. The van der Waals surface area contributed by atoms with Crippen molar-refractivity contribution in [1.29, 1.82) is 0 Å². The van der Waals surface area contributed by atoms with Gasteiger partial charge in [0.2, 0.25) is 0 Å². The van der Waals surface area contributed by atoms with E-state index >= 15 is 0 Å². The molecule has 0 heterocycles. The first-order valence-electron chi connectivity index (χ1n) is 8.54. The molecule has 1 amide bonds. The molecule has 0 fully saturated rings. The number of benzene rings is 2. The number of nitrogens with two attached hydrogens (primary N) is 1. The van der Waals surface area contributed by atoms with Crippen LogP contribution >= 0.6 is 12.4 Å². The van der Waals surface area contributed by atoms with Crippen molar-refractivity contribution >= 4 is 24.0 Å². The highest BCUT2D eigenvalue weighted by Gasteiger charge is 2.27. The van der Waals surface area contributed by atoms with Gasteiger partial charge in [0.25, 0.3) is 5.91 Å². The molecule has 0 saturated carbocycles. The monoisotopic (exact) mass is 360 g/mol. The largest absolute Gasteiger partial charge is 0.399 e. The highest BCUT2D eigenvalue weighted by atomic mass is 35.5. The van der Waals surface area contributed by atoms with Gasteiger partial charge >= 0.3 is 0 Å². The minimum absolute atomic E-state index is 0. The zero-order valence-corrected chi connectivity index (χ0v) is 15.2. The number of aryl methyl sites for hydroxylation is 1. The fourth-order valence-electron chi connectivity index (χ4n) is 3.35. The smallest absolute Gasteiger partial charge is 0.254 e. The Hall–Kier alpha value is -2.04. The van der Waals surface area contributed by atoms with Gasteiger partial charge < -0.3 is 15.8 Å². The molecule has 1 aliphatic carbocycles. The van der Waals surface area contributed by atoms with Gasteiger partial charge in [-0.25, -0.2) is 0 Å². The molecule has 5 heteroatoms. The maximum Gasteiger partial charge on any atom is 0.254 e. The average Bonchev–Trinajstić information content (AvgIpc) is 2.60. The summed E-state index contributed by atoms with van der Waals surface area (Å²) in [6.45, 7) is 2.40. The molecule has 0 aliphatic heterocycles. The minimum atomic E-state index is -0.574. The molecule has 2 atom stereocenters. The molecule has 0 spiro atoms. The molecular formula is C20H25ClN2O2. The molecular weight excluding hydrogens is 336 g/mol. The summed E-state index contributed by atoms with van der Waals surface area (Å²) in [6.07, 6.45) is 2.43. The fourth-order valence-corrected chi connectivity index (χ4v) is 3.35. The first-order chi connectivity index (χ1) is 11.7. The van der Waals surface area contributed by atoms with Crippen molar-refractivity contribution in [3.05, 3.63) is 65.2 Å². The minimum Gasteiger partial charge on any atom is -0.399 e. The van der Waals surface area contributed by atoms with E-state index in [-0.39, 0.29) is 24.4 Å². The Kier molecular flexibility index (Phi) is 6.85. The summed E-state index contributed by atoms with van der Waals surface area (Å²) in [5, 5.41) is 3.17. The Labute approximate surface area is 155 Å². The highest BCUT2D eigenvalue weighted by Crippen LogP contribution is 2.31. The van der Waals surface area contributed by atoms with Gasteiger partial charge in [0.15, 0.2) is 6.10 Å². The third-order valence-electron chi connectivity index (χ3n) is 4.47. The van der Waals surface area contributed by atoms with Crippen LogP contribution in [0.15, 0.2) is 48.5 Å². The van der Waals surface area contributed by atoms with E-state index in [1.165, 1.54) is 11.1 Å². The molecule has 0 saturated heterocycles. The summed E-state index contributed by atoms with van der Waals surface area (Å²) in [4.78, 5) is 12.8. The quantitative estimate of drug-likeness (QED) is 0.793. The first kappa shape index (κ1) is 19.3. The molecule has 1 aliphatic rings. The van der Waals surface area contributed by atoms with Crippen LogP contribution in [-0.2, 0) is 16.0 Å². The summed E-state index contributed by atoms with van der Waals surface area (Å²) in [6, 6.07) is 15.6. The van der Waals surface area contributed by atoms with E-state index in [0.717, 1.165) is 30.5 Å². The lowest BCUT2D eigenvalue weighted by Crippen LogP contribution is -2.35. The van der Waals surface area contributed by atoms with Gasteiger partial charge in [-0.1, -0.05) is 36.4 Å². The number of hydrogen-bond acceptors (Lipinski definition) is 3. The maximum absolute atomic E-state index is 12.8. The van der Waals surface area contributed by atoms with Crippen molar-refractivity contribution in [3.63, 3.8) is 0 Å². The molecule has 0 radical (unpaired) electrons. The van der Waals surface area contributed by atoms with Gasteiger partial charge in [-0.3, -0.25) is 4.79 Å². The number of halogens is 1. The lowest BCUT2D eigenvalue weighted by atomic mass is 9.87. The predicted octanol–water partition coefficient (Wildman–Crippen LogP) is 3.96. The number of ether oxygens (including phenoxy) is 1. The number of anilines is 1. The number of nitrogen functional groups attached to an aromatic ring is 1. The van der Waals surface area contributed by atoms with E-state index in [1.807, 2.05) is 55.5 Å². The average molecular weight is 361 g/mol. The Morgan fingerprint density at radius 3 is 2.76 bits per heavy atom. The Morgan fingerprint density at radius 2 is 2.04 bits per heavy atom. The molecule has 0 bridgehead atoms. The van der Waals surface area contributed by atoms with Crippen LogP contribution in [0.1, 0.15) is 48.6 Å². The zero-order valence-electron chi connectivity index (χ0n) is 14.4. The topological polar surface area (TPSA) is 64.3 Å². The van der Waals surface area contributed by atoms with E-state index in [9.17, 15) is 4.79 Å². The third kappa shape index (κ3) is 4.53. The highest BCUT2D eigenvalue weighted by molar-refractivity contribution is 5.85. The SMILES string of the molecule is CCOC(C(=O)NC1CCCc2cc(N)ccc21)c1ccccc1.Cl. The van der Waals surface area contributed by atoms with E-state index < -0.39 is 6.10 Å². The predicted molar refractivity (Wildman–Crippen MR) is 103 cm³/mol. The summed E-state index contributed by atoms with van der Waals surface area (Å²) in [5.41, 5.74) is 9.95. The fraction of sp³-hybridized carbons (Fsp3) is 0.350. The molecule has 2 unspecified atom stereocenters. The summed E-state index contributed by atoms with van der Waals surface area (Å²) in [5.74, 6) is -0.0854. The number of carbonyl (C=O) groups is 1. The Morgan fingerprint density at radius 1 is 1.28 bits per heavy atom. The van der Waals surface area contributed by atoms with Gasteiger partial charge in [0, 0.05) is 12.3 Å². The molecule has 2 aromatic rings. The zero-order chi connectivity index (χ0) is 16.9. The Balaban J connectivity index is 0.00000225. The molecule has 3 rings (SSSR count). The molecule has 2 aromatic carbocycles. The van der Waals surface area contributed by atoms with Crippen LogP contribution in [0, 0.1) is 0 Å². The van der Waals surface area contributed by atoms with E-state index in [2.05, 4.69) is 5.32 Å². The molecule has 4 nitrogen and oxygen atoms in total. The normalized spacial score (nSPS) is 17.1. The van der Waals surface area contributed by atoms with Crippen molar-refractivity contribution in [2.45, 2.75) is 38.3 Å². The summed E-state index contributed by atoms with van der Waals surface area (Å²) in [7, 11) is 0. The van der Waals surface area contributed by atoms with Crippen LogP contribution in [0.2, 0.25) is 0 Å². The van der Waals surface area contributed by atoms with Crippen LogP contribution in [-0.4, -0.2) is 12.5 Å². The number of nitrogens with one attached hydrogen (secondary N) is 1. The van der Waals surface area contributed by atoms with Gasteiger partial charge in [0.1, 0.15) is 0 Å². The molecule has 25 heavy (non-hydrogen) atoms. The van der Waals surface area contributed by atoms with Crippen molar-refractivity contribution in [1.82, 2.24) is 5.32 Å². The molecule has 134 valence electrons. The van der Waals surface area contributed by atoms with E-state index in [0.29, 0.717) is 6.61 Å². The number of hydrogen-bond donors (Lipinski definition) is 2. The maximum atomic E-state index is 12.8. The number of amides is 1. The van der Waals surface area contributed by atoms with Crippen molar-refractivity contribution in [3.8, 4) is 0 Å². The van der Waals surface area contributed by atoms with Crippen molar-refractivity contribution < 1.29 is 9.53 Å². The third-order valence-corrected chi connectivity index (χ3v) is 4.47. The van der Waals surface area contributed by atoms with Crippen LogP contribution in [0.25, 0.3) is 0 Å². The van der Waals surface area contributed by atoms with Gasteiger partial charge in [-0.2, -0.15) is 0 Å². The van der Waals surface area contributed by atoms with Crippen molar-refractivity contribution in [2.75, 3.05) is 12.3 Å². The van der Waals surface area contributed by atoms with E-state index in [4.69, 9.17) is 10.5 Å². The van der Waals surface area contributed by atoms with Gasteiger partial charge in [-0.15, -0.1) is 12.4 Å². The molecule has 0 aromatic heterocycles. The van der Waals surface area contributed by atoms with Crippen LogP contribution in [0.4, 0.5) is 5.69 Å².